The third-order valence-corrected chi connectivity index (χ3v) is 5.69. The molecule has 0 unspecified atom stereocenters. The Morgan fingerprint density at radius 2 is 2.09 bits per heavy atom. The van der Waals surface area contributed by atoms with Crippen molar-refractivity contribution >= 4 is 23.0 Å². The molecule has 0 amide bonds. The van der Waals surface area contributed by atoms with E-state index in [-0.39, 0.29) is 17.8 Å². The van der Waals surface area contributed by atoms with E-state index in [9.17, 15) is 10.1 Å². The Labute approximate surface area is 191 Å². The Kier molecular flexibility index (Phi) is 6.09. The number of benzene rings is 1. The van der Waals surface area contributed by atoms with E-state index in [2.05, 4.69) is 29.0 Å². The highest BCUT2D eigenvalue weighted by molar-refractivity contribution is 7.80. The van der Waals surface area contributed by atoms with Gasteiger partial charge in [0, 0.05) is 18.8 Å². The molecule has 32 heavy (non-hydrogen) atoms. The summed E-state index contributed by atoms with van der Waals surface area (Å²) in [5, 5.41) is 15.2. The van der Waals surface area contributed by atoms with Crippen LogP contribution in [0.3, 0.4) is 0 Å². The third kappa shape index (κ3) is 4.16. The summed E-state index contributed by atoms with van der Waals surface area (Å²) >= 11 is 5.65. The molecule has 2 aromatic heterocycles. The summed E-state index contributed by atoms with van der Waals surface area (Å²) in [6.07, 6.45) is 1.76. The smallest absolute Gasteiger partial charge is 0.273 e. The number of nitro benzene ring substituents is 1. The maximum atomic E-state index is 11.1. The van der Waals surface area contributed by atoms with E-state index in [0.717, 1.165) is 18.0 Å². The SMILES string of the molecule is COc1cc([N+](=O)[O-])ccc1-c1ccc([C@H]2[C@@H](c3ccccn3)NC(=S)N2CC(C)C)o1. The quantitative estimate of drug-likeness (QED) is 0.308. The molecular formula is C23H24N4O4S. The number of pyridine rings is 1. The highest BCUT2D eigenvalue weighted by Gasteiger charge is 2.41. The molecule has 0 radical (unpaired) electrons. The van der Waals surface area contributed by atoms with Crippen molar-refractivity contribution in [3.63, 3.8) is 0 Å². The van der Waals surface area contributed by atoms with Crippen molar-refractivity contribution in [3.8, 4) is 17.1 Å². The molecule has 0 aliphatic carbocycles. The number of furan rings is 1. The second-order valence-electron chi connectivity index (χ2n) is 8.02. The average molecular weight is 453 g/mol. The Morgan fingerprint density at radius 3 is 2.75 bits per heavy atom. The summed E-state index contributed by atoms with van der Waals surface area (Å²) in [5.74, 6) is 2.06. The molecule has 3 heterocycles. The van der Waals surface area contributed by atoms with Crippen LogP contribution in [0.2, 0.25) is 0 Å². The van der Waals surface area contributed by atoms with Crippen LogP contribution in [0.5, 0.6) is 5.75 Å². The Hall–Kier alpha value is -3.46. The number of aromatic nitrogens is 1. The lowest BCUT2D eigenvalue weighted by Crippen LogP contribution is -2.32. The number of thiocarbonyl (C=S) groups is 1. The summed E-state index contributed by atoms with van der Waals surface area (Å²) in [7, 11) is 1.48. The first-order valence-electron chi connectivity index (χ1n) is 10.3. The van der Waals surface area contributed by atoms with Gasteiger partial charge in [0.1, 0.15) is 23.3 Å². The molecule has 1 aliphatic rings. The lowest BCUT2D eigenvalue weighted by molar-refractivity contribution is -0.384. The van der Waals surface area contributed by atoms with Crippen LogP contribution in [-0.4, -0.2) is 33.6 Å². The normalized spacial score (nSPS) is 18.1. The third-order valence-electron chi connectivity index (χ3n) is 5.34. The number of ether oxygens (including phenoxy) is 1. The highest BCUT2D eigenvalue weighted by atomic mass is 32.1. The highest BCUT2D eigenvalue weighted by Crippen LogP contribution is 2.42. The van der Waals surface area contributed by atoms with Crippen molar-refractivity contribution < 1.29 is 14.1 Å². The number of non-ortho nitro benzene ring substituents is 1. The zero-order valence-corrected chi connectivity index (χ0v) is 18.8. The van der Waals surface area contributed by atoms with Crippen LogP contribution in [0.4, 0.5) is 5.69 Å². The van der Waals surface area contributed by atoms with Crippen LogP contribution in [-0.2, 0) is 0 Å². The number of hydrogen-bond acceptors (Lipinski definition) is 6. The molecule has 4 rings (SSSR count). The lowest BCUT2D eigenvalue weighted by Gasteiger charge is -2.27. The minimum Gasteiger partial charge on any atom is -0.496 e. The monoisotopic (exact) mass is 452 g/mol. The van der Waals surface area contributed by atoms with Gasteiger partial charge < -0.3 is 19.4 Å². The molecule has 1 saturated heterocycles. The van der Waals surface area contributed by atoms with Crippen molar-refractivity contribution in [1.82, 2.24) is 15.2 Å². The number of nitrogens with one attached hydrogen (secondary N) is 1. The summed E-state index contributed by atoms with van der Waals surface area (Å²) < 4.78 is 11.7. The minimum atomic E-state index is -0.452. The number of hydrogen-bond donors (Lipinski definition) is 1. The predicted molar refractivity (Wildman–Crippen MR) is 124 cm³/mol. The van der Waals surface area contributed by atoms with Crippen LogP contribution in [0.15, 0.2) is 59.1 Å². The van der Waals surface area contributed by atoms with Crippen LogP contribution < -0.4 is 10.1 Å². The fourth-order valence-electron chi connectivity index (χ4n) is 3.96. The largest absolute Gasteiger partial charge is 0.496 e. The topological polar surface area (TPSA) is 93.7 Å². The van der Waals surface area contributed by atoms with Gasteiger partial charge in [0.2, 0.25) is 0 Å². The molecule has 1 aliphatic heterocycles. The maximum absolute atomic E-state index is 11.1. The summed E-state index contributed by atoms with van der Waals surface area (Å²) in [4.78, 5) is 17.3. The standard InChI is InChI=1S/C23H24N4O4S/c1-14(2)13-26-22(21(25-23(26)32)17-6-4-5-11-24-17)19-10-9-18(31-19)16-8-7-15(27(28)29)12-20(16)30-3/h4-12,14,21-22H,13H2,1-3H3,(H,25,32)/t21-,22+/m1/s1. The lowest BCUT2D eigenvalue weighted by atomic mass is 10.0. The predicted octanol–water partition coefficient (Wildman–Crippen LogP) is 4.89. The van der Waals surface area contributed by atoms with E-state index in [1.165, 1.54) is 19.2 Å². The van der Waals surface area contributed by atoms with E-state index in [4.69, 9.17) is 21.4 Å². The van der Waals surface area contributed by atoms with Gasteiger partial charge in [-0.05, 0) is 48.5 Å². The Morgan fingerprint density at radius 1 is 1.28 bits per heavy atom. The maximum Gasteiger partial charge on any atom is 0.273 e. The van der Waals surface area contributed by atoms with Gasteiger partial charge in [-0.3, -0.25) is 15.1 Å². The number of rotatable bonds is 7. The first kappa shape index (κ1) is 21.8. The zero-order chi connectivity index (χ0) is 22.8. The molecule has 8 nitrogen and oxygen atoms in total. The van der Waals surface area contributed by atoms with Gasteiger partial charge in [-0.2, -0.15) is 0 Å². The molecule has 1 fully saturated rings. The number of nitro groups is 1. The van der Waals surface area contributed by atoms with Gasteiger partial charge in [-0.15, -0.1) is 0 Å². The van der Waals surface area contributed by atoms with Crippen molar-refractivity contribution in [2.45, 2.75) is 25.9 Å². The molecule has 0 bridgehead atoms. The minimum absolute atomic E-state index is 0.0407. The van der Waals surface area contributed by atoms with Gasteiger partial charge in [0.25, 0.3) is 5.69 Å². The summed E-state index contributed by atoms with van der Waals surface area (Å²) in [6.45, 7) is 5.04. The van der Waals surface area contributed by atoms with E-state index in [1.54, 1.807) is 12.3 Å². The van der Waals surface area contributed by atoms with Crippen LogP contribution >= 0.6 is 12.2 Å². The number of nitrogens with zero attached hydrogens (tertiary/aromatic N) is 3. The fraction of sp³-hybridized carbons (Fsp3) is 0.304. The van der Waals surface area contributed by atoms with Crippen molar-refractivity contribution in [2.24, 2.45) is 5.92 Å². The second-order valence-corrected chi connectivity index (χ2v) is 8.40. The summed E-state index contributed by atoms with van der Waals surface area (Å²) in [5.41, 5.74) is 1.47. The van der Waals surface area contributed by atoms with Crippen LogP contribution in [0.1, 0.15) is 37.4 Å². The molecule has 9 heteroatoms. The van der Waals surface area contributed by atoms with Gasteiger partial charge in [-0.1, -0.05) is 19.9 Å². The molecule has 166 valence electrons. The molecular weight excluding hydrogens is 428 g/mol. The second kappa shape index (κ2) is 8.96. The molecule has 1 N–H and O–H groups in total. The van der Waals surface area contributed by atoms with Crippen LogP contribution in [0, 0.1) is 16.0 Å². The fourth-order valence-corrected chi connectivity index (χ4v) is 4.27. The van der Waals surface area contributed by atoms with E-state index in [1.807, 2.05) is 30.3 Å². The van der Waals surface area contributed by atoms with Crippen molar-refractivity contribution in [2.75, 3.05) is 13.7 Å². The Bertz CT molecular complexity index is 1130. The average Bonchev–Trinajstić information content (AvgIpc) is 3.38. The van der Waals surface area contributed by atoms with E-state index < -0.39 is 4.92 Å². The van der Waals surface area contributed by atoms with Gasteiger partial charge in [0.15, 0.2) is 5.11 Å². The Balaban J connectivity index is 1.74. The first-order valence-corrected chi connectivity index (χ1v) is 10.7. The molecule has 0 saturated carbocycles. The molecule has 0 spiro atoms. The van der Waals surface area contributed by atoms with Crippen LogP contribution in [0.25, 0.3) is 11.3 Å². The van der Waals surface area contributed by atoms with Crippen molar-refractivity contribution in [1.29, 1.82) is 0 Å². The van der Waals surface area contributed by atoms with E-state index in [0.29, 0.717) is 28.1 Å². The van der Waals surface area contributed by atoms with Gasteiger partial charge in [-0.25, -0.2) is 0 Å². The summed E-state index contributed by atoms with van der Waals surface area (Å²) in [6, 6.07) is 13.7. The first-order chi connectivity index (χ1) is 15.4. The zero-order valence-electron chi connectivity index (χ0n) is 18.0. The van der Waals surface area contributed by atoms with Gasteiger partial charge >= 0.3 is 0 Å². The number of methoxy groups -OCH3 is 1. The van der Waals surface area contributed by atoms with E-state index >= 15 is 0 Å². The molecule has 1 aromatic carbocycles. The van der Waals surface area contributed by atoms with Crippen molar-refractivity contribution in [3.05, 3.63) is 76.3 Å². The molecule has 2 atom stereocenters. The van der Waals surface area contributed by atoms with Gasteiger partial charge in [0.05, 0.1) is 35.4 Å². The molecule has 3 aromatic rings.